The van der Waals surface area contributed by atoms with E-state index in [1.807, 2.05) is 18.5 Å². The summed E-state index contributed by atoms with van der Waals surface area (Å²) in [5.74, 6) is 0. The van der Waals surface area contributed by atoms with Gasteiger partial charge in [0.25, 0.3) is 0 Å². The van der Waals surface area contributed by atoms with Gasteiger partial charge in [0, 0.05) is 22.6 Å². The summed E-state index contributed by atoms with van der Waals surface area (Å²) in [7, 11) is 0. The molecule has 2 heterocycles. The normalized spacial score (nSPS) is 18.0. The number of nitrogens with one attached hydrogen (secondary N) is 1. The van der Waals surface area contributed by atoms with Gasteiger partial charge in [0.15, 0.2) is 0 Å². The molecule has 1 unspecified atom stereocenters. The summed E-state index contributed by atoms with van der Waals surface area (Å²) in [6.45, 7) is 2.90. The van der Waals surface area contributed by atoms with Crippen molar-refractivity contribution in [2.75, 3.05) is 0 Å². The molecule has 0 aromatic carbocycles. The molecule has 3 nitrogen and oxygen atoms in total. The van der Waals surface area contributed by atoms with Gasteiger partial charge < -0.3 is 5.32 Å². The van der Waals surface area contributed by atoms with Crippen molar-refractivity contribution in [2.45, 2.75) is 32.4 Å². The van der Waals surface area contributed by atoms with Crippen LogP contribution in [0, 0.1) is 6.92 Å². The van der Waals surface area contributed by atoms with Crippen molar-refractivity contribution in [3.63, 3.8) is 0 Å². The van der Waals surface area contributed by atoms with Crippen LogP contribution in [0.2, 0.25) is 5.02 Å². The Bertz CT molecular complexity index is 567. The lowest BCUT2D eigenvalue weighted by Crippen LogP contribution is -2.19. The summed E-state index contributed by atoms with van der Waals surface area (Å²) in [4.78, 5) is 10.0. The van der Waals surface area contributed by atoms with Crippen LogP contribution in [0.5, 0.6) is 0 Å². The summed E-state index contributed by atoms with van der Waals surface area (Å²) in [6, 6.07) is 2.19. The summed E-state index contributed by atoms with van der Waals surface area (Å²) in [6.07, 6.45) is 3.88. The molecule has 18 heavy (non-hydrogen) atoms. The Morgan fingerprint density at radius 1 is 1.50 bits per heavy atom. The third-order valence-electron chi connectivity index (χ3n) is 3.40. The topological polar surface area (TPSA) is 37.8 Å². The summed E-state index contributed by atoms with van der Waals surface area (Å²) in [5.41, 5.74) is 5.33. The standard InChI is InChI=1S/C13H14ClN3S/c1-8-12(18-7-17-8)6-16-11-3-2-9-10(14)4-5-15-13(9)11/h4-5,7,11,16H,2-3,6H2,1H3. The number of pyridine rings is 1. The van der Waals surface area contributed by atoms with E-state index in [2.05, 4.69) is 15.3 Å². The van der Waals surface area contributed by atoms with Crippen LogP contribution in [0.4, 0.5) is 0 Å². The highest BCUT2D eigenvalue weighted by Crippen LogP contribution is 2.34. The van der Waals surface area contributed by atoms with Gasteiger partial charge in [0.1, 0.15) is 0 Å². The van der Waals surface area contributed by atoms with Crippen LogP contribution >= 0.6 is 22.9 Å². The van der Waals surface area contributed by atoms with E-state index in [-0.39, 0.29) is 0 Å². The van der Waals surface area contributed by atoms with E-state index in [9.17, 15) is 0 Å². The fraction of sp³-hybridized carbons (Fsp3) is 0.385. The zero-order valence-corrected chi connectivity index (χ0v) is 11.7. The van der Waals surface area contributed by atoms with Gasteiger partial charge in [-0.1, -0.05) is 11.6 Å². The molecule has 0 saturated carbocycles. The highest BCUT2D eigenvalue weighted by Gasteiger charge is 2.25. The largest absolute Gasteiger partial charge is 0.304 e. The molecule has 1 N–H and O–H groups in total. The second-order valence-corrected chi connectivity index (χ2v) is 5.84. The number of halogens is 1. The monoisotopic (exact) mass is 279 g/mol. The van der Waals surface area contributed by atoms with Crippen LogP contribution in [-0.4, -0.2) is 9.97 Å². The van der Waals surface area contributed by atoms with Crippen LogP contribution in [0.15, 0.2) is 17.8 Å². The van der Waals surface area contributed by atoms with E-state index in [0.29, 0.717) is 6.04 Å². The predicted octanol–water partition coefficient (Wildman–Crippen LogP) is 3.28. The molecule has 0 saturated heterocycles. The van der Waals surface area contributed by atoms with Gasteiger partial charge in [-0.05, 0) is 31.4 Å². The Hall–Kier alpha value is -0.970. The van der Waals surface area contributed by atoms with Crippen molar-refractivity contribution in [1.29, 1.82) is 0 Å². The molecule has 0 fully saturated rings. The van der Waals surface area contributed by atoms with Crippen LogP contribution < -0.4 is 5.32 Å². The van der Waals surface area contributed by atoms with E-state index in [1.54, 1.807) is 17.5 Å². The van der Waals surface area contributed by atoms with Crippen molar-refractivity contribution in [3.05, 3.63) is 44.6 Å². The van der Waals surface area contributed by atoms with E-state index in [4.69, 9.17) is 11.6 Å². The molecule has 1 aliphatic carbocycles. The smallest absolute Gasteiger partial charge is 0.0798 e. The molecule has 2 aromatic rings. The van der Waals surface area contributed by atoms with Crippen molar-refractivity contribution >= 4 is 22.9 Å². The molecular weight excluding hydrogens is 266 g/mol. The van der Waals surface area contributed by atoms with Crippen molar-refractivity contribution < 1.29 is 0 Å². The number of thiazole rings is 1. The van der Waals surface area contributed by atoms with Gasteiger partial charge in [-0.2, -0.15) is 0 Å². The first kappa shape index (κ1) is 12.1. The van der Waals surface area contributed by atoms with Crippen LogP contribution in [0.1, 0.15) is 34.3 Å². The van der Waals surface area contributed by atoms with Gasteiger partial charge in [-0.3, -0.25) is 4.98 Å². The maximum atomic E-state index is 6.18. The van der Waals surface area contributed by atoms with E-state index in [0.717, 1.165) is 35.8 Å². The maximum absolute atomic E-state index is 6.18. The summed E-state index contributed by atoms with van der Waals surface area (Å²) >= 11 is 7.88. The summed E-state index contributed by atoms with van der Waals surface area (Å²) in [5, 5.41) is 4.40. The number of nitrogens with zero attached hydrogens (tertiary/aromatic N) is 2. The molecule has 1 atom stereocenters. The first-order valence-electron chi connectivity index (χ1n) is 6.01. The maximum Gasteiger partial charge on any atom is 0.0798 e. The van der Waals surface area contributed by atoms with Gasteiger partial charge in [-0.25, -0.2) is 4.98 Å². The van der Waals surface area contributed by atoms with Crippen molar-refractivity contribution in [2.24, 2.45) is 0 Å². The third-order valence-corrected chi connectivity index (χ3v) is 4.69. The lowest BCUT2D eigenvalue weighted by atomic mass is 10.2. The van der Waals surface area contributed by atoms with Crippen molar-refractivity contribution in [3.8, 4) is 0 Å². The van der Waals surface area contributed by atoms with Gasteiger partial charge in [0.2, 0.25) is 0 Å². The molecule has 94 valence electrons. The minimum Gasteiger partial charge on any atom is -0.304 e. The number of aryl methyl sites for hydroxylation is 1. The van der Waals surface area contributed by atoms with Crippen LogP contribution in [0.25, 0.3) is 0 Å². The fourth-order valence-corrected chi connectivity index (χ4v) is 3.34. The lowest BCUT2D eigenvalue weighted by molar-refractivity contribution is 0.523. The Balaban J connectivity index is 1.74. The average molecular weight is 280 g/mol. The first-order chi connectivity index (χ1) is 8.75. The number of hydrogen-bond acceptors (Lipinski definition) is 4. The average Bonchev–Trinajstić information content (AvgIpc) is 2.94. The third kappa shape index (κ3) is 2.16. The first-order valence-corrected chi connectivity index (χ1v) is 7.27. The molecule has 0 aliphatic heterocycles. The Kier molecular flexibility index (Phi) is 3.33. The minimum atomic E-state index is 0.320. The highest BCUT2D eigenvalue weighted by atomic mass is 35.5. The molecule has 5 heteroatoms. The van der Waals surface area contributed by atoms with Crippen LogP contribution in [0.3, 0.4) is 0 Å². The van der Waals surface area contributed by atoms with Crippen LogP contribution in [-0.2, 0) is 13.0 Å². The van der Waals surface area contributed by atoms with Gasteiger partial charge >= 0.3 is 0 Å². The molecule has 0 bridgehead atoms. The van der Waals surface area contributed by atoms with E-state index < -0.39 is 0 Å². The second kappa shape index (κ2) is 4.96. The fourth-order valence-electron chi connectivity index (χ4n) is 2.37. The molecular formula is C13H14ClN3S. The highest BCUT2D eigenvalue weighted by molar-refractivity contribution is 7.09. The molecule has 3 rings (SSSR count). The van der Waals surface area contributed by atoms with Crippen molar-refractivity contribution in [1.82, 2.24) is 15.3 Å². The van der Waals surface area contributed by atoms with E-state index >= 15 is 0 Å². The number of aromatic nitrogens is 2. The Morgan fingerprint density at radius 3 is 3.17 bits per heavy atom. The second-order valence-electron chi connectivity index (χ2n) is 4.49. The van der Waals surface area contributed by atoms with Gasteiger partial charge in [0.05, 0.1) is 22.9 Å². The molecule has 1 aliphatic rings. The Labute approximate surface area is 115 Å². The molecule has 0 radical (unpaired) electrons. The predicted molar refractivity (Wildman–Crippen MR) is 74.0 cm³/mol. The zero-order valence-electron chi connectivity index (χ0n) is 10.1. The van der Waals surface area contributed by atoms with E-state index in [1.165, 1.54) is 10.4 Å². The molecule has 2 aromatic heterocycles. The number of hydrogen-bond donors (Lipinski definition) is 1. The summed E-state index contributed by atoms with van der Waals surface area (Å²) < 4.78 is 0. The number of fused-ring (bicyclic) bond motifs is 1. The zero-order chi connectivity index (χ0) is 12.5. The number of rotatable bonds is 3. The quantitative estimate of drug-likeness (QED) is 0.937. The van der Waals surface area contributed by atoms with Gasteiger partial charge in [-0.15, -0.1) is 11.3 Å². The molecule has 0 spiro atoms. The Morgan fingerprint density at radius 2 is 2.39 bits per heavy atom. The lowest BCUT2D eigenvalue weighted by Gasteiger charge is -2.12. The minimum absolute atomic E-state index is 0.320. The molecule has 0 amide bonds. The SMILES string of the molecule is Cc1ncsc1CNC1CCc2c(Cl)ccnc21.